The first-order chi connectivity index (χ1) is 18.7. The molecule has 0 aliphatic heterocycles. The molecular weight excluding hydrogens is 658 g/mol. The quantitative estimate of drug-likeness (QED) is 0.125. The van der Waals surface area contributed by atoms with Crippen molar-refractivity contribution in [1.82, 2.24) is 9.66 Å². The van der Waals surface area contributed by atoms with E-state index in [4.69, 9.17) is 16.3 Å². The number of nitro groups is 1. The van der Waals surface area contributed by atoms with Gasteiger partial charge in [-0.2, -0.15) is 9.78 Å². The predicted octanol–water partition coefficient (Wildman–Crippen LogP) is 6.34. The normalized spacial score (nSPS) is 11.2. The summed E-state index contributed by atoms with van der Waals surface area (Å²) in [6, 6.07) is 14.5. The minimum atomic E-state index is -0.627. The second-order valence-electron chi connectivity index (χ2n) is 8.25. The van der Waals surface area contributed by atoms with E-state index in [1.54, 1.807) is 48.5 Å². The van der Waals surface area contributed by atoms with Crippen LogP contribution in [0.25, 0.3) is 10.9 Å². The molecule has 0 saturated heterocycles. The lowest BCUT2D eigenvalue weighted by atomic mass is 10.2. The zero-order chi connectivity index (χ0) is 28.1. The number of fused-ring (bicyclic) bond motifs is 1. The maximum absolute atomic E-state index is 13.2. The van der Waals surface area contributed by atoms with E-state index in [-0.39, 0.29) is 21.5 Å². The largest absolute Gasteiger partial charge is 0.476 e. The number of aromatic nitrogens is 2. The molecule has 0 aliphatic carbocycles. The van der Waals surface area contributed by atoms with Gasteiger partial charge in [0, 0.05) is 33.2 Å². The molecule has 0 radical (unpaired) electrons. The topological polar surface area (TPSA) is 129 Å². The molecule has 1 N–H and O–H groups in total. The van der Waals surface area contributed by atoms with E-state index >= 15 is 0 Å². The Morgan fingerprint density at radius 2 is 1.95 bits per heavy atom. The number of rotatable bonds is 9. The highest BCUT2D eigenvalue weighted by Gasteiger charge is 2.21. The number of carbonyl (C=O) groups is 1. The van der Waals surface area contributed by atoms with Gasteiger partial charge < -0.3 is 10.1 Å². The van der Waals surface area contributed by atoms with Crippen molar-refractivity contribution in [3.8, 4) is 5.75 Å². The SMILES string of the molecule is CCCc1nc2ccc(Br)cc2c(=O)n1N=Cc1cc(Br)c(OCC(=O)Nc2ccc(Cl)cc2)c([N+](=O)[O-])c1. The zero-order valence-corrected chi connectivity index (χ0v) is 24.3. The van der Waals surface area contributed by atoms with Gasteiger partial charge in [-0.3, -0.25) is 19.7 Å². The molecule has 0 aliphatic rings. The summed E-state index contributed by atoms with van der Waals surface area (Å²) in [5, 5.41) is 19.7. The number of nitrogens with zero attached hydrogens (tertiary/aromatic N) is 4. The maximum Gasteiger partial charge on any atom is 0.312 e. The van der Waals surface area contributed by atoms with Gasteiger partial charge in [0.25, 0.3) is 11.5 Å². The van der Waals surface area contributed by atoms with Gasteiger partial charge in [-0.15, -0.1) is 0 Å². The molecule has 0 unspecified atom stereocenters. The number of hydrogen-bond acceptors (Lipinski definition) is 7. The number of anilines is 1. The summed E-state index contributed by atoms with van der Waals surface area (Å²) in [5.74, 6) is -0.166. The maximum atomic E-state index is 13.2. The van der Waals surface area contributed by atoms with Crippen LogP contribution >= 0.6 is 43.5 Å². The number of benzene rings is 3. The van der Waals surface area contributed by atoms with Gasteiger partial charge in [0.1, 0.15) is 5.82 Å². The Kier molecular flexibility index (Phi) is 9.10. The first kappa shape index (κ1) is 28.4. The molecular formula is C26H20Br2ClN5O5. The first-order valence-electron chi connectivity index (χ1n) is 11.6. The summed E-state index contributed by atoms with van der Waals surface area (Å²) < 4.78 is 7.65. The highest BCUT2D eigenvalue weighted by molar-refractivity contribution is 9.10. The zero-order valence-electron chi connectivity index (χ0n) is 20.4. The van der Waals surface area contributed by atoms with Crippen LogP contribution in [0.3, 0.4) is 0 Å². The van der Waals surface area contributed by atoms with Crippen LogP contribution in [0.1, 0.15) is 24.7 Å². The minimum Gasteiger partial charge on any atom is -0.476 e. The molecule has 200 valence electrons. The number of aryl methyl sites for hydroxylation is 1. The number of amides is 1. The van der Waals surface area contributed by atoms with E-state index in [2.05, 4.69) is 47.3 Å². The number of halogens is 3. The van der Waals surface area contributed by atoms with Crippen molar-refractivity contribution < 1.29 is 14.5 Å². The Bertz CT molecular complexity index is 1660. The molecule has 4 rings (SSSR count). The molecule has 1 aromatic heterocycles. The summed E-state index contributed by atoms with van der Waals surface area (Å²) in [6.07, 6.45) is 2.58. The van der Waals surface area contributed by atoms with Crippen molar-refractivity contribution in [3.63, 3.8) is 0 Å². The molecule has 10 nitrogen and oxygen atoms in total. The fourth-order valence-electron chi connectivity index (χ4n) is 3.64. The minimum absolute atomic E-state index is 0.121. The van der Waals surface area contributed by atoms with Crippen molar-refractivity contribution in [3.05, 3.63) is 100 Å². The molecule has 3 aromatic carbocycles. The van der Waals surface area contributed by atoms with Gasteiger partial charge in [-0.25, -0.2) is 4.98 Å². The number of nitrogens with one attached hydrogen (secondary N) is 1. The average molecular weight is 678 g/mol. The van der Waals surface area contributed by atoms with Crippen LogP contribution in [0.5, 0.6) is 5.75 Å². The highest BCUT2D eigenvalue weighted by Crippen LogP contribution is 2.36. The number of hydrogen-bond donors (Lipinski definition) is 1. The van der Waals surface area contributed by atoms with E-state index < -0.39 is 17.4 Å². The van der Waals surface area contributed by atoms with Gasteiger partial charge in [0.15, 0.2) is 6.61 Å². The average Bonchev–Trinajstić information content (AvgIpc) is 2.89. The summed E-state index contributed by atoms with van der Waals surface area (Å²) in [7, 11) is 0. The van der Waals surface area contributed by atoms with E-state index in [1.165, 1.54) is 17.0 Å². The monoisotopic (exact) mass is 675 g/mol. The van der Waals surface area contributed by atoms with Crippen LogP contribution in [0.4, 0.5) is 11.4 Å². The van der Waals surface area contributed by atoms with Gasteiger partial charge in [-0.1, -0.05) is 34.5 Å². The van der Waals surface area contributed by atoms with E-state index in [0.29, 0.717) is 39.4 Å². The molecule has 39 heavy (non-hydrogen) atoms. The Balaban J connectivity index is 1.61. The molecule has 4 aromatic rings. The van der Waals surface area contributed by atoms with Crippen LogP contribution in [-0.2, 0) is 11.2 Å². The van der Waals surface area contributed by atoms with Gasteiger partial charge >= 0.3 is 5.69 Å². The fraction of sp³-hybridized carbons (Fsp3) is 0.154. The first-order valence-corrected chi connectivity index (χ1v) is 13.5. The number of nitro benzene ring substituents is 1. The fourth-order valence-corrected chi connectivity index (χ4v) is 4.71. The van der Waals surface area contributed by atoms with Gasteiger partial charge in [0.2, 0.25) is 5.75 Å². The van der Waals surface area contributed by atoms with E-state index in [9.17, 15) is 19.7 Å². The standard InChI is InChI=1S/C26H20Br2ClN5O5/c1-2-3-23-32-21-9-4-16(27)12-19(21)26(36)33(23)30-13-15-10-20(28)25(22(11-15)34(37)38)39-14-24(35)31-18-7-5-17(29)6-8-18/h4-13H,2-3,14H2,1H3,(H,31,35). The molecule has 1 amide bonds. The predicted molar refractivity (Wildman–Crippen MR) is 157 cm³/mol. The van der Waals surface area contributed by atoms with Gasteiger partial charge in [0.05, 0.1) is 26.5 Å². The van der Waals surface area contributed by atoms with Crippen LogP contribution in [0.15, 0.2) is 73.4 Å². The summed E-state index contributed by atoms with van der Waals surface area (Å²) >= 11 is 12.5. The Labute approximate surface area is 244 Å². The van der Waals surface area contributed by atoms with E-state index in [0.717, 1.165) is 10.9 Å². The lowest BCUT2D eigenvalue weighted by Crippen LogP contribution is -2.22. The van der Waals surface area contributed by atoms with Crippen LogP contribution < -0.4 is 15.6 Å². The summed E-state index contributed by atoms with van der Waals surface area (Å²) in [5.41, 5.74) is 0.641. The third-order valence-corrected chi connectivity index (χ3v) is 6.72. The molecule has 0 atom stereocenters. The van der Waals surface area contributed by atoms with Crippen molar-refractivity contribution in [2.75, 3.05) is 11.9 Å². The molecule has 0 fully saturated rings. The Morgan fingerprint density at radius 1 is 1.21 bits per heavy atom. The van der Waals surface area contributed by atoms with E-state index in [1.807, 2.05) is 6.92 Å². The summed E-state index contributed by atoms with van der Waals surface area (Å²) in [6.45, 7) is 1.49. The molecule has 13 heteroatoms. The van der Waals surface area contributed by atoms with Crippen molar-refractivity contribution in [1.29, 1.82) is 0 Å². The molecule has 0 spiro atoms. The summed E-state index contributed by atoms with van der Waals surface area (Å²) in [4.78, 5) is 41.3. The second-order valence-corrected chi connectivity index (χ2v) is 10.5. The van der Waals surface area contributed by atoms with Crippen LogP contribution in [-0.4, -0.2) is 33.3 Å². The van der Waals surface area contributed by atoms with Crippen molar-refractivity contribution >= 4 is 77.9 Å². The Hall–Kier alpha value is -3.61. The van der Waals surface area contributed by atoms with Crippen molar-refractivity contribution in [2.24, 2.45) is 5.10 Å². The van der Waals surface area contributed by atoms with Gasteiger partial charge in [-0.05, 0) is 70.9 Å². The molecule has 1 heterocycles. The highest BCUT2D eigenvalue weighted by atomic mass is 79.9. The van der Waals surface area contributed by atoms with Crippen LogP contribution in [0.2, 0.25) is 5.02 Å². The lowest BCUT2D eigenvalue weighted by Gasteiger charge is -2.11. The lowest BCUT2D eigenvalue weighted by molar-refractivity contribution is -0.385. The number of ether oxygens (including phenoxy) is 1. The number of carbonyl (C=O) groups excluding carboxylic acids is 1. The third-order valence-electron chi connectivity index (χ3n) is 5.39. The Morgan fingerprint density at radius 3 is 2.64 bits per heavy atom. The molecule has 0 bridgehead atoms. The third kappa shape index (κ3) is 6.88. The van der Waals surface area contributed by atoms with Crippen molar-refractivity contribution in [2.45, 2.75) is 19.8 Å². The van der Waals surface area contributed by atoms with Crippen LogP contribution in [0, 0.1) is 10.1 Å². The second kappa shape index (κ2) is 12.5. The smallest absolute Gasteiger partial charge is 0.312 e. The molecule has 0 saturated carbocycles.